The Morgan fingerprint density at radius 2 is 1.52 bits per heavy atom. The normalized spacial score (nSPS) is 30.7. The summed E-state index contributed by atoms with van der Waals surface area (Å²) in [6.07, 6.45) is 17.5. The summed E-state index contributed by atoms with van der Waals surface area (Å²) in [5.74, 6) is 1.69. The summed E-state index contributed by atoms with van der Waals surface area (Å²) >= 11 is 0. The van der Waals surface area contributed by atoms with Crippen molar-refractivity contribution in [2.75, 3.05) is 0 Å². The lowest BCUT2D eigenvalue weighted by molar-refractivity contribution is 0.157. The smallest absolute Gasteiger partial charge is 0.159 e. The average Bonchev–Trinajstić information content (AvgIpc) is 2.65. The van der Waals surface area contributed by atoms with Crippen LogP contribution in [0.2, 0.25) is 0 Å². The summed E-state index contributed by atoms with van der Waals surface area (Å²) in [6.45, 7) is 2.10. The molecule has 1 aromatic rings. The summed E-state index contributed by atoms with van der Waals surface area (Å²) in [6, 6.07) is 4.47. The van der Waals surface area contributed by atoms with Crippen LogP contribution in [-0.2, 0) is 0 Å². The van der Waals surface area contributed by atoms with Crippen LogP contribution in [-0.4, -0.2) is 0 Å². The molecule has 0 heterocycles. The van der Waals surface area contributed by atoms with E-state index in [1.807, 2.05) is 0 Å². The molecular weight excluding hydrogens is 314 g/mol. The van der Waals surface area contributed by atoms with E-state index in [1.54, 1.807) is 6.07 Å². The van der Waals surface area contributed by atoms with E-state index in [0.717, 1.165) is 36.2 Å². The minimum Gasteiger partial charge on any atom is -0.204 e. The first kappa shape index (κ1) is 18.6. The van der Waals surface area contributed by atoms with Crippen molar-refractivity contribution in [1.29, 1.82) is 0 Å². The fourth-order valence-corrected chi connectivity index (χ4v) is 5.14. The van der Waals surface area contributed by atoms with E-state index < -0.39 is 11.6 Å². The highest BCUT2D eigenvalue weighted by Crippen LogP contribution is 2.44. The van der Waals surface area contributed by atoms with Crippen LogP contribution in [0.4, 0.5) is 8.78 Å². The molecule has 2 saturated carbocycles. The van der Waals surface area contributed by atoms with E-state index in [2.05, 4.69) is 19.1 Å². The maximum atomic E-state index is 13.5. The number of rotatable bonds is 5. The number of allylic oxidation sites excluding steroid dienone is 2. The van der Waals surface area contributed by atoms with Crippen molar-refractivity contribution < 1.29 is 8.78 Å². The molecule has 3 rings (SSSR count). The van der Waals surface area contributed by atoms with Crippen molar-refractivity contribution in [2.24, 2.45) is 17.8 Å². The minimum atomic E-state index is -0.733. The molecule has 2 fully saturated rings. The van der Waals surface area contributed by atoms with E-state index in [0.29, 0.717) is 5.92 Å². The van der Waals surface area contributed by atoms with Gasteiger partial charge in [0.2, 0.25) is 0 Å². The molecule has 2 heteroatoms. The fraction of sp³-hybridized carbons (Fsp3) is 0.652. The Bertz CT molecular complexity index is 561. The fourth-order valence-electron chi connectivity index (χ4n) is 5.14. The molecule has 0 nitrogen and oxygen atoms in total. The third-order valence-electron chi connectivity index (χ3n) is 6.72. The molecular formula is C23H32F2. The molecule has 2 aliphatic rings. The van der Waals surface area contributed by atoms with E-state index in [9.17, 15) is 8.78 Å². The molecule has 0 aliphatic heterocycles. The van der Waals surface area contributed by atoms with Crippen molar-refractivity contribution >= 4 is 0 Å². The van der Waals surface area contributed by atoms with Gasteiger partial charge in [-0.05, 0) is 99.7 Å². The van der Waals surface area contributed by atoms with E-state index in [1.165, 1.54) is 63.5 Å². The van der Waals surface area contributed by atoms with Crippen LogP contribution in [0.5, 0.6) is 0 Å². The molecule has 0 saturated heterocycles. The van der Waals surface area contributed by atoms with Gasteiger partial charge in [-0.3, -0.25) is 0 Å². The van der Waals surface area contributed by atoms with Crippen LogP contribution in [0, 0.1) is 29.4 Å². The topological polar surface area (TPSA) is 0 Å². The molecule has 2 aliphatic carbocycles. The zero-order valence-electron chi connectivity index (χ0n) is 15.5. The molecule has 0 N–H and O–H groups in total. The Morgan fingerprint density at radius 1 is 0.880 bits per heavy atom. The number of benzene rings is 1. The summed E-state index contributed by atoms with van der Waals surface area (Å²) in [5, 5.41) is 0. The summed E-state index contributed by atoms with van der Waals surface area (Å²) < 4.78 is 26.6. The Balaban J connectivity index is 1.44. The zero-order chi connectivity index (χ0) is 17.6. The van der Waals surface area contributed by atoms with Gasteiger partial charge in [0.1, 0.15) is 0 Å². The molecule has 0 radical (unpaired) electrons. The van der Waals surface area contributed by atoms with Crippen LogP contribution < -0.4 is 0 Å². The van der Waals surface area contributed by atoms with Gasteiger partial charge in [0, 0.05) is 0 Å². The molecule has 0 aromatic heterocycles. The molecule has 0 amide bonds. The van der Waals surface area contributed by atoms with Crippen molar-refractivity contribution in [2.45, 2.75) is 77.0 Å². The van der Waals surface area contributed by atoms with Crippen LogP contribution in [0.15, 0.2) is 30.4 Å². The van der Waals surface area contributed by atoms with E-state index in [-0.39, 0.29) is 0 Å². The Labute approximate surface area is 151 Å². The minimum absolute atomic E-state index is 0.420. The van der Waals surface area contributed by atoms with Crippen LogP contribution >= 0.6 is 0 Å². The van der Waals surface area contributed by atoms with Crippen molar-refractivity contribution in [3.05, 3.63) is 47.5 Å². The highest BCUT2D eigenvalue weighted by atomic mass is 19.2. The number of hydrogen-bond acceptors (Lipinski definition) is 0. The van der Waals surface area contributed by atoms with Crippen molar-refractivity contribution in [1.82, 2.24) is 0 Å². The Kier molecular flexibility index (Phi) is 6.67. The van der Waals surface area contributed by atoms with Gasteiger partial charge in [-0.25, -0.2) is 8.78 Å². The largest absolute Gasteiger partial charge is 0.204 e. The third kappa shape index (κ3) is 4.92. The summed E-state index contributed by atoms with van der Waals surface area (Å²) in [5.41, 5.74) is 0.991. The van der Waals surface area contributed by atoms with Gasteiger partial charge in [-0.15, -0.1) is 0 Å². The van der Waals surface area contributed by atoms with Crippen LogP contribution in [0.1, 0.15) is 82.6 Å². The second-order valence-corrected chi connectivity index (χ2v) is 8.21. The highest BCUT2D eigenvalue weighted by Gasteiger charge is 2.31. The lowest BCUT2D eigenvalue weighted by Crippen LogP contribution is -2.25. The van der Waals surface area contributed by atoms with Gasteiger partial charge < -0.3 is 0 Å². The molecule has 138 valence electrons. The standard InChI is InChI=1S/C23H32F2/c1-2-3-4-5-17-6-8-18(9-7-17)19-10-12-20(13-11-19)21-14-15-22(24)23(25)16-21/h2-3,14-20H,4-13H2,1H3/b3-2+. The van der Waals surface area contributed by atoms with Gasteiger partial charge >= 0.3 is 0 Å². The predicted octanol–water partition coefficient (Wildman–Crippen LogP) is 7.40. The van der Waals surface area contributed by atoms with Crippen molar-refractivity contribution in [3.8, 4) is 0 Å². The Hall–Kier alpha value is -1.18. The monoisotopic (exact) mass is 346 g/mol. The van der Waals surface area contributed by atoms with Crippen molar-refractivity contribution in [3.63, 3.8) is 0 Å². The van der Waals surface area contributed by atoms with Gasteiger partial charge in [-0.2, -0.15) is 0 Å². The summed E-state index contributed by atoms with van der Waals surface area (Å²) in [7, 11) is 0. The zero-order valence-corrected chi connectivity index (χ0v) is 15.5. The van der Waals surface area contributed by atoms with Gasteiger partial charge in [0.25, 0.3) is 0 Å². The second-order valence-electron chi connectivity index (χ2n) is 8.21. The van der Waals surface area contributed by atoms with E-state index in [4.69, 9.17) is 0 Å². The first-order chi connectivity index (χ1) is 12.2. The van der Waals surface area contributed by atoms with Gasteiger partial charge in [0.05, 0.1) is 0 Å². The van der Waals surface area contributed by atoms with Gasteiger partial charge in [0.15, 0.2) is 11.6 Å². The highest BCUT2D eigenvalue weighted by molar-refractivity contribution is 5.22. The first-order valence-electron chi connectivity index (χ1n) is 10.2. The lowest BCUT2D eigenvalue weighted by Gasteiger charge is -2.38. The molecule has 1 aromatic carbocycles. The second kappa shape index (κ2) is 8.96. The van der Waals surface area contributed by atoms with Crippen LogP contribution in [0.3, 0.4) is 0 Å². The molecule has 0 bridgehead atoms. The molecule has 0 unspecified atom stereocenters. The SMILES string of the molecule is C/C=C/CCC1CCC(C2CCC(c3ccc(F)c(F)c3)CC2)CC1. The number of halogens is 2. The van der Waals surface area contributed by atoms with Gasteiger partial charge in [-0.1, -0.05) is 31.1 Å². The predicted molar refractivity (Wildman–Crippen MR) is 101 cm³/mol. The third-order valence-corrected chi connectivity index (χ3v) is 6.72. The molecule has 0 atom stereocenters. The quantitative estimate of drug-likeness (QED) is 0.487. The lowest BCUT2D eigenvalue weighted by atomic mass is 9.68. The summed E-state index contributed by atoms with van der Waals surface area (Å²) in [4.78, 5) is 0. The Morgan fingerprint density at radius 3 is 2.12 bits per heavy atom. The number of hydrogen-bond donors (Lipinski definition) is 0. The van der Waals surface area contributed by atoms with Crippen LogP contribution in [0.25, 0.3) is 0 Å². The maximum Gasteiger partial charge on any atom is 0.159 e. The molecule has 0 spiro atoms. The molecule has 25 heavy (non-hydrogen) atoms. The maximum absolute atomic E-state index is 13.5. The van der Waals surface area contributed by atoms with E-state index >= 15 is 0 Å². The first-order valence-corrected chi connectivity index (χ1v) is 10.2. The average molecular weight is 347 g/mol.